The van der Waals surface area contributed by atoms with Crippen LogP contribution in [-0.2, 0) is 16.0 Å². The van der Waals surface area contributed by atoms with Crippen LogP contribution in [0.25, 0.3) is 0 Å². The Bertz CT molecular complexity index is 501. The Kier molecular flexibility index (Phi) is 6.52. The Morgan fingerprint density at radius 2 is 1.90 bits per heavy atom. The smallest absolute Gasteiger partial charge is 0.308 e. The van der Waals surface area contributed by atoms with E-state index >= 15 is 0 Å². The summed E-state index contributed by atoms with van der Waals surface area (Å²) < 4.78 is 10.3. The third-order valence-electron chi connectivity index (χ3n) is 3.12. The fraction of sp³-hybridized carbons (Fsp3) is 0.467. The van der Waals surface area contributed by atoms with Crippen molar-refractivity contribution in [3.63, 3.8) is 0 Å². The number of hydrogen-bond acceptors (Lipinski definition) is 4. The second kappa shape index (κ2) is 8.14. The van der Waals surface area contributed by atoms with Crippen molar-refractivity contribution in [3.8, 4) is 11.5 Å². The SMILES string of the molecule is COc1ccc(CCC(=O)NCC(C)C(=O)O)cc1OC. The molecule has 0 spiro atoms. The summed E-state index contributed by atoms with van der Waals surface area (Å²) in [6, 6.07) is 5.49. The van der Waals surface area contributed by atoms with Gasteiger partial charge in [-0.05, 0) is 24.1 Å². The molecule has 0 aliphatic rings. The van der Waals surface area contributed by atoms with Gasteiger partial charge in [-0.15, -0.1) is 0 Å². The largest absolute Gasteiger partial charge is 0.493 e. The number of aliphatic carboxylic acids is 1. The summed E-state index contributed by atoms with van der Waals surface area (Å²) in [7, 11) is 3.12. The van der Waals surface area contributed by atoms with Crippen LogP contribution in [-0.4, -0.2) is 37.7 Å². The van der Waals surface area contributed by atoms with Gasteiger partial charge in [0.1, 0.15) is 0 Å². The number of carbonyl (C=O) groups is 2. The summed E-state index contributed by atoms with van der Waals surface area (Å²) in [5, 5.41) is 11.3. The first-order valence-corrected chi connectivity index (χ1v) is 6.68. The maximum absolute atomic E-state index is 11.7. The zero-order chi connectivity index (χ0) is 15.8. The van der Waals surface area contributed by atoms with Crippen LogP contribution in [0.5, 0.6) is 11.5 Å². The van der Waals surface area contributed by atoms with E-state index in [0.717, 1.165) is 5.56 Å². The van der Waals surface area contributed by atoms with Crippen LogP contribution < -0.4 is 14.8 Å². The number of hydrogen-bond donors (Lipinski definition) is 2. The van der Waals surface area contributed by atoms with Crippen LogP contribution in [0, 0.1) is 5.92 Å². The standard InChI is InChI=1S/C15H21NO5/c1-10(15(18)19)9-16-14(17)7-5-11-4-6-12(20-2)13(8-11)21-3/h4,6,8,10H,5,7,9H2,1-3H3,(H,16,17)(H,18,19). The molecule has 0 aliphatic carbocycles. The van der Waals surface area contributed by atoms with Gasteiger partial charge in [-0.3, -0.25) is 9.59 Å². The number of benzene rings is 1. The topological polar surface area (TPSA) is 84.9 Å². The summed E-state index contributed by atoms with van der Waals surface area (Å²) in [5.74, 6) is -0.418. The Balaban J connectivity index is 2.48. The van der Waals surface area contributed by atoms with E-state index in [2.05, 4.69) is 5.32 Å². The van der Waals surface area contributed by atoms with Gasteiger partial charge in [-0.25, -0.2) is 0 Å². The Hall–Kier alpha value is -2.24. The highest BCUT2D eigenvalue weighted by molar-refractivity contribution is 5.77. The maximum Gasteiger partial charge on any atom is 0.308 e. The van der Waals surface area contributed by atoms with Crippen LogP contribution >= 0.6 is 0 Å². The van der Waals surface area contributed by atoms with Crippen molar-refractivity contribution >= 4 is 11.9 Å². The molecule has 2 N–H and O–H groups in total. The maximum atomic E-state index is 11.7. The Morgan fingerprint density at radius 3 is 2.48 bits per heavy atom. The van der Waals surface area contributed by atoms with Gasteiger partial charge in [-0.1, -0.05) is 13.0 Å². The molecule has 0 aliphatic heterocycles. The molecule has 0 saturated carbocycles. The van der Waals surface area contributed by atoms with E-state index in [1.165, 1.54) is 0 Å². The first kappa shape index (κ1) is 16.8. The number of rotatable bonds is 8. The third-order valence-corrected chi connectivity index (χ3v) is 3.12. The predicted octanol–water partition coefficient (Wildman–Crippen LogP) is 1.47. The first-order valence-electron chi connectivity index (χ1n) is 6.68. The van der Waals surface area contributed by atoms with E-state index in [4.69, 9.17) is 14.6 Å². The summed E-state index contributed by atoms with van der Waals surface area (Å²) in [4.78, 5) is 22.3. The van der Waals surface area contributed by atoms with Crippen LogP contribution in [0.2, 0.25) is 0 Å². The molecule has 0 bridgehead atoms. The minimum Gasteiger partial charge on any atom is -0.493 e. The molecule has 21 heavy (non-hydrogen) atoms. The molecule has 1 unspecified atom stereocenters. The summed E-state index contributed by atoms with van der Waals surface area (Å²) in [5.41, 5.74) is 0.953. The molecule has 1 amide bonds. The highest BCUT2D eigenvalue weighted by atomic mass is 16.5. The van der Waals surface area contributed by atoms with E-state index in [1.54, 1.807) is 27.2 Å². The van der Waals surface area contributed by atoms with Crippen molar-refractivity contribution in [2.24, 2.45) is 5.92 Å². The number of carbonyl (C=O) groups excluding carboxylic acids is 1. The van der Waals surface area contributed by atoms with Crippen LogP contribution in [0.15, 0.2) is 18.2 Å². The predicted molar refractivity (Wildman–Crippen MR) is 77.7 cm³/mol. The average Bonchev–Trinajstić information content (AvgIpc) is 2.49. The molecule has 0 heterocycles. The van der Waals surface area contributed by atoms with E-state index in [0.29, 0.717) is 24.3 Å². The van der Waals surface area contributed by atoms with E-state index < -0.39 is 11.9 Å². The third kappa shape index (κ3) is 5.33. The lowest BCUT2D eigenvalue weighted by atomic mass is 10.1. The zero-order valence-electron chi connectivity index (χ0n) is 12.5. The molecule has 0 saturated heterocycles. The molecule has 6 nitrogen and oxygen atoms in total. The highest BCUT2D eigenvalue weighted by Crippen LogP contribution is 2.27. The second-order valence-electron chi connectivity index (χ2n) is 4.73. The lowest BCUT2D eigenvalue weighted by Gasteiger charge is -2.10. The van der Waals surface area contributed by atoms with Gasteiger partial charge < -0.3 is 19.9 Å². The van der Waals surface area contributed by atoms with Gasteiger partial charge in [0.2, 0.25) is 5.91 Å². The molecule has 1 rings (SSSR count). The van der Waals surface area contributed by atoms with Gasteiger partial charge in [0.25, 0.3) is 0 Å². The van der Waals surface area contributed by atoms with E-state index in [-0.39, 0.29) is 12.5 Å². The highest BCUT2D eigenvalue weighted by Gasteiger charge is 2.12. The summed E-state index contributed by atoms with van der Waals surface area (Å²) in [6.07, 6.45) is 0.843. The molecule has 1 aromatic carbocycles. The van der Waals surface area contributed by atoms with E-state index in [1.807, 2.05) is 12.1 Å². The van der Waals surface area contributed by atoms with Crippen LogP contribution in [0.3, 0.4) is 0 Å². The molecule has 1 atom stereocenters. The van der Waals surface area contributed by atoms with Gasteiger partial charge in [-0.2, -0.15) is 0 Å². The Morgan fingerprint density at radius 1 is 1.24 bits per heavy atom. The molecular formula is C15H21NO5. The minimum atomic E-state index is -0.921. The molecule has 6 heteroatoms. The van der Waals surface area contributed by atoms with Crippen molar-refractivity contribution in [2.45, 2.75) is 19.8 Å². The minimum absolute atomic E-state index is 0.139. The van der Waals surface area contributed by atoms with E-state index in [9.17, 15) is 9.59 Å². The number of carboxylic acids is 1. The number of amides is 1. The molecule has 116 valence electrons. The number of carboxylic acid groups (broad SMARTS) is 1. The quantitative estimate of drug-likeness (QED) is 0.758. The zero-order valence-corrected chi connectivity index (χ0v) is 12.5. The lowest BCUT2D eigenvalue weighted by Crippen LogP contribution is -2.31. The molecular weight excluding hydrogens is 274 g/mol. The lowest BCUT2D eigenvalue weighted by molar-refractivity contribution is -0.141. The fourth-order valence-electron chi connectivity index (χ4n) is 1.74. The fourth-order valence-corrected chi connectivity index (χ4v) is 1.74. The van der Waals surface area contributed by atoms with Crippen molar-refractivity contribution in [3.05, 3.63) is 23.8 Å². The van der Waals surface area contributed by atoms with Crippen LogP contribution in [0.4, 0.5) is 0 Å². The van der Waals surface area contributed by atoms with Gasteiger partial charge in [0.15, 0.2) is 11.5 Å². The monoisotopic (exact) mass is 295 g/mol. The molecule has 1 aromatic rings. The van der Waals surface area contributed by atoms with Crippen LogP contribution in [0.1, 0.15) is 18.9 Å². The normalized spacial score (nSPS) is 11.6. The molecule has 0 fully saturated rings. The number of ether oxygens (including phenoxy) is 2. The van der Waals surface area contributed by atoms with Crippen molar-refractivity contribution in [1.29, 1.82) is 0 Å². The van der Waals surface area contributed by atoms with Gasteiger partial charge in [0, 0.05) is 13.0 Å². The van der Waals surface area contributed by atoms with Crippen molar-refractivity contribution in [2.75, 3.05) is 20.8 Å². The van der Waals surface area contributed by atoms with Gasteiger partial charge in [0.05, 0.1) is 20.1 Å². The Labute approximate surface area is 124 Å². The average molecular weight is 295 g/mol. The number of aryl methyl sites for hydroxylation is 1. The summed E-state index contributed by atoms with van der Waals surface area (Å²) in [6.45, 7) is 1.69. The number of nitrogens with one attached hydrogen (secondary N) is 1. The molecule has 0 aromatic heterocycles. The van der Waals surface area contributed by atoms with Crippen molar-refractivity contribution in [1.82, 2.24) is 5.32 Å². The molecule has 0 radical (unpaired) electrons. The summed E-state index contributed by atoms with van der Waals surface area (Å²) >= 11 is 0. The number of methoxy groups -OCH3 is 2. The van der Waals surface area contributed by atoms with Crippen molar-refractivity contribution < 1.29 is 24.2 Å². The second-order valence-corrected chi connectivity index (χ2v) is 4.73. The van der Waals surface area contributed by atoms with Gasteiger partial charge >= 0.3 is 5.97 Å². The first-order chi connectivity index (χ1) is 9.97.